The molecule has 0 bridgehead atoms. The highest BCUT2D eigenvalue weighted by Crippen LogP contribution is 2.33. The first-order valence-corrected chi connectivity index (χ1v) is 12.4. The minimum Gasteiger partial charge on any atom is -0.366 e. The van der Waals surface area contributed by atoms with Gasteiger partial charge in [-0.1, -0.05) is 30.0 Å². The molecule has 32 heavy (non-hydrogen) atoms. The van der Waals surface area contributed by atoms with Gasteiger partial charge in [0.1, 0.15) is 9.83 Å². The number of rotatable bonds is 6. The van der Waals surface area contributed by atoms with Crippen molar-refractivity contribution >= 4 is 61.5 Å². The van der Waals surface area contributed by atoms with Crippen LogP contribution in [0.4, 0.5) is 5.00 Å². The lowest BCUT2D eigenvalue weighted by atomic mass is 10.0. The van der Waals surface area contributed by atoms with E-state index in [9.17, 15) is 14.4 Å². The average molecular weight is 485 g/mol. The number of amides is 2. The summed E-state index contributed by atoms with van der Waals surface area (Å²) < 4.78 is 1.47. The summed E-state index contributed by atoms with van der Waals surface area (Å²) in [6, 6.07) is 7.71. The third-order valence-electron chi connectivity index (χ3n) is 5.11. The van der Waals surface area contributed by atoms with Gasteiger partial charge >= 0.3 is 0 Å². The van der Waals surface area contributed by atoms with E-state index in [1.54, 1.807) is 18.5 Å². The molecule has 10 heteroatoms. The van der Waals surface area contributed by atoms with E-state index in [-0.39, 0.29) is 22.8 Å². The zero-order valence-corrected chi connectivity index (χ0v) is 20.0. The molecule has 4 aromatic rings. The molecule has 7 nitrogen and oxygen atoms in total. The van der Waals surface area contributed by atoms with Crippen molar-refractivity contribution in [1.82, 2.24) is 9.55 Å². The second-order valence-electron chi connectivity index (χ2n) is 7.25. The van der Waals surface area contributed by atoms with Crippen LogP contribution in [-0.2, 0) is 11.8 Å². The lowest BCUT2D eigenvalue weighted by molar-refractivity contribution is -0.113. The fourth-order valence-corrected chi connectivity index (χ4v) is 5.77. The van der Waals surface area contributed by atoms with E-state index in [2.05, 4.69) is 23.3 Å². The van der Waals surface area contributed by atoms with Crippen molar-refractivity contribution in [2.45, 2.75) is 19.0 Å². The molecule has 1 aromatic carbocycles. The molecular formula is C22H20N4O3S3. The smallest absolute Gasteiger partial charge is 0.263 e. The molecule has 0 fully saturated rings. The van der Waals surface area contributed by atoms with E-state index in [4.69, 9.17) is 5.73 Å². The molecule has 3 heterocycles. The SMILES string of the molecule is Cc1ccc(-c2csc3nc(SCC(=O)Nc4sccc4C(N)=O)n(C)c(=O)c23)cc1C. The lowest BCUT2D eigenvalue weighted by Crippen LogP contribution is -2.21. The van der Waals surface area contributed by atoms with Crippen molar-refractivity contribution in [2.24, 2.45) is 12.8 Å². The van der Waals surface area contributed by atoms with Crippen LogP contribution in [0.25, 0.3) is 21.3 Å². The van der Waals surface area contributed by atoms with Crippen LogP contribution < -0.4 is 16.6 Å². The Morgan fingerprint density at radius 1 is 1.19 bits per heavy atom. The minimum absolute atomic E-state index is 0.0390. The molecule has 0 spiro atoms. The maximum atomic E-state index is 13.1. The summed E-state index contributed by atoms with van der Waals surface area (Å²) in [6.07, 6.45) is 0. The first kappa shape index (κ1) is 22.3. The Kier molecular flexibility index (Phi) is 6.18. The fraction of sp³-hybridized carbons (Fsp3) is 0.182. The number of nitrogens with one attached hydrogen (secondary N) is 1. The van der Waals surface area contributed by atoms with Gasteiger partial charge in [0, 0.05) is 18.0 Å². The summed E-state index contributed by atoms with van der Waals surface area (Å²) in [7, 11) is 1.65. The van der Waals surface area contributed by atoms with Crippen molar-refractivity contribution < 1.29 is 9.59 Å². The highest BCUT2D eigenvalue weighted by atomic mass is 32.2. The van der Waals surface area contributed by atoms with Gasteiger partial charge in [0.15, 0.2) is 5.16 Å². The third kappa shape index (κ3) is 4.21. The van der Waals surface area contributed by atoms with Gasteiger partial charge in [-0.3, -0.25) is 19.0 Å². The van der Waals surface area contributed by atoms with Gasteiger partial charge in [-0.25, -0.2) is 4.98 Å². The molecule has 164 valence electrons. The van der Waals surface area contributed by atoms with Gasteiger partial charge in [-0.15, -0.1) is 22.7 Å². The molecule has 0 radical (unpaired) electrons. The molecule has 3 aromatic heterocycles. The van der Waals surface area contributed by atoms with Crippen LogP contribution in [0.15, 0.2) is 45.0 Å². The summed E-state index contributed by atoms with van der Waals surface area (Å²) >= 11 is 3.80. The Hall–Kier alpha value is -2.95. The predicted octanol–water partition coefficient (Wildman–Crippen LogP) is 4.17. The lowest BCUT2D eigenvalue weighted by Gasteiger charge is -2.09. The van der Waals surface area contributed by atoms with Gasteiger partial charge in [0.05, 0.1) is 16.7 Å². The van der Waals surface area contributed by atoms with Crippen LogP contribution in [0.3, 0.4) is 0 Å². The number of carbonyl (C=O) groups excluding carboxylic acids is 2. The number of carbonyl (C=O) groups is 2. The van der Waals surface area contributed by atoms with Crippen molar-refractivity contribution in [3.63, 3.8) is 0 Å². The molecule has 0 aliphatic carbocycles. The largest absolute Gasteiger partial charge is 0.366 e. The topological polar surface area (TPSA) is 107 Å². The van der Waals surface area contributed by atoms with Crippen LogP contribution in [0.2, 0.25) is 0 Å². The highest BCUT2D eigenvalue weighted by molar-refractivity contribution is 7.99. The molecule has 3 N–H and O–H groups in total. The molecule has 0 unspecified atom stereocenters. The number of anilines is 1. The molecule has 4 rings (SSSR count). The zero-order chi connectivity index (χ0) is 23.0. The number of hydrogen-bond donors (Lipinski definition) is 2. The van der Waals surface area contributed by atoms with Crippen LogP contribution >= 0.6 is 34.4 Å². The van der Waals surface area contributed by atoms with E-state index < -0.39 is 5.91 Å². The second-order valence-corrected chi connectivity index (χ2v) is 9.97. The molecule has 0 aliphatic rings. The number of benzene rings is 1. The maximum absolute atomic E-state index is 13.1. The minimum atomic E-state index is -0.596. The fourth-order valence-electron chi connectivity index (χ4n) is 3.20. The number of thioether (sulfide) groups is 1. The van der Waals surface area contributed by atoms with Crippen LogP contribution in [0.1, 0.15) is 21.5 Å². The molecular weight excluding hydrogens is 464 g/mol. The number of fused-ring (bicyclic) bond motifs is 1. The Labute approximate surface area is 196 Å². The van der Waals surface area contributed by atoms with Crippen LogP contribution in [0, 0.1) is 13.8 Å². The summed E-state index contributed by atoms with van der Waals surface area (Å²) in [5.41, 5.74) is 9.65. The number of thiophene rings is 2. The number of primary amides is 1. The standard InChI is InChI=1S/C22H20N4O3S3/c1-11-4-5-13(8-12(11)2)15-9-31-20-17(15)21(29)26(3)22(25-20)32-10-16(27)24-19-14(18(23)28)6-7-30-19/h4-9H,10H2,1-3H3,(H2,23,28)(H,24,27). The van der Waals surface area contributed by atoms with Gasteiger partial charge in [0.2, 0.25) is 5.91 Å². The van der Waals surface area contributed by atoms with E-state index in [0.717, 1.165) is 28.5 Å². The zero-order valence-electron chi connectivity index (χ0n) is 17.6. The maximum Gasteiger partial charge on any atom is 0.263 e. The third-order valence-corrected chi connectivity index (χ3v) is 7.84. The molecule has 0 aliphatic heterocycles. The summed E-state index contributed by atoms with van der Waals surface area (Å²) in [5.74, 6) is -0.866. The number of aromatic nitrogens is 2. The first-order chi connectivity index (χ1) is 15.3. The van der Waals surface area contributed by atoms with Gasteiger partial charge < -0.3 is 11.1 Å². The first-order valence-electron chi connectivity index (χ1n) is 9.62. The van der Waals surface area contributed by atoms with E-state index in [1.165, 1.54) is 32.8 Å². The quantitative estimate of drug-likeness (QED) is 0.316. The number of nitrogens with zero attached hydrogens (tertiary/aromatic N) is 2. The Balaban J connectivity index is 1.58. The van der Waals surface area contributed by atoms with E-state index >= 15 is 0 Å². The Morgan fingerprint density at radius 3 is 2.69 bits per heavy atom. The van der Waals surface area contributed by atoms with E-state index in [1.807, 2.05) is 24.4 Å². The van der Waals surface area contributed by atoms with Crippen molar-refractivity contribution in [1.29, 1.82) is 0 Å². The Bertz CT molecular complexity index is 1420. The Morgan fingerprint density at radius 2 is 1.97 bits per heavy atom. The molecule has 0 atom stereocenters. The highest BCUT2D eigenvalue weighted by Gasteiger charge is 2.18. The number of aryl methyl sites for hydroxylation is 2. The van der Waals surface area contributed by atoms with Gasteiger partial charge in [-0.2, -0.15) is 0 Å². The van der Waals surface area contributed by atoms with Crippen molar-refractivity contribution in [3.8, 4) is 11.1 Å². The molecule has 0 saturated carbocycles. The predicted molar refractivity (Wildman–Crippen MR) is 132 cm³/mol. The van der Waals surface area contributed by atoms with Crippen molar-refractivity contribution in [2.75, 3.05) is 11.1 Å². The number of nitrogens with two attached hydrogens (primary N) is 1. The monoisotopic (exact) mass is 484 g/mol. The summed E-state index contributed by atoms with van der Waals surface area (Å²) in [4.78, 5) is 42.2. The number of hydrogen-bond acceptors (Lipinski definition) is 7. The normalized spacial score (nSPS) is 11.1. The van der Waals surface area contributed by atoms with E-state index in [0.29, 0.717) is 20.4 Å². The van der Waals surface area contributed by atoms with Gasteiger partial charge in [0.25, 0.3) is 11.5 Å². The van der Waals surface area contributed by atoms with Crippen LogP contribution in [-0.4, -0.2) is 27.1 Å². The van der Waals surface area contributed by atoms with Crippen molar-refractivity contribution in [3.05, 3.63) is 62.1 Å². The average Bonchev–Trinajstić information content (AvgIpc) is 3.39. The molecule has 0 saturated heterocycles. The van der Waals surface area contributed by atoms with Crippen LogP contribution in [0.5, 0.6) is 0 Å². The summed E-state index contributed by atoms with van der Waals surface area (Å²) in [5, 5.41) is 7.78. The molecule has 2 amide bonds. The summed E-state index contributed by atoms with van der Waals surface area (Å²) in [6.45, 7) is 4.10. The second kappa shape index (κ2) is 8.89. The van der Waals surface area contributed by atoms with Gasteiger partial charge in [-0.05, 0) is 42.0 Å².